The fourth-order valence-electron chi connectivity index (χ4n) is 3.82. The third kappa shape index (κ3) is 3.83. The Morgan fingerprint density at radius 2 is 1.50 bits per heavy atom. The summed E-state index contributed by atoms with van der Waals surface area (Å²) in [6, 6.07) is 11.3. The van der Waals surface area contributed by atoms with E-state index in [4.69, 9.17) is 0 Å². The van der Waals surface area contributed by atoms with Crippen molar-refractivity contribution in [1.82, 2.24) is 9.80 Å². The Morgan fingerprint density at radius 1 is 0.867 bits per heavy atom. The Labute approximate surface area is 171 Å². The monoisotopic (exact) mass is 420 g/mol. The Bertz CT molecular complexity index is 967. The van der Waals surface area contributed by atoms with Crippen molar-refractivity contribution >= 4 is 17.6 Å². The number of hydrogen-bond acceptors (Lipinski definition) is 4. The molecule has 0 spiro atoms. The van der Waals surface area contributed by atoms with Crippen LogP contribution in [-0.4, -0.2) is 60.9 Å². The molecule has 2 aromatic rings. The average molecular weight is 420 g/mol. The summed E-state index contributed by atoms with van der Waals surface area (Å²) in [4.78, 5) is 22.4. The molecule has 0 N–H and O–H groups in total. The van der Waals surface area contributed by atoms with Crippen LogP contribution in [0.5, 0.6) is 0 Å². The van der Waals surface area contributed by atoms with Crippen molar-refractivity contribution in [2.75, 3.05) is 44.2 Å². The van der Waals surface area contributed by atoms with Gasteiger partial charge in [-0.1, -0.05) is 24.3 Å². The van der Waals surface area contributed by atoms with Gasteiger partial charge in [0.15, 0.2) is 0 Å². The second-order valence-electron chi connectivity index (χ2n) is 7.11. The van der Waals surface area contributed by atoms with Gasteiger partial charge in [0, 0.05) is 32.7 Å². The molecule has 0 aliphatic carbocycles. The molecule has 4 rings (SSSR count). The first-order valence-electron chi connectivity index (χ1n) is 9.63. The predicted octanol–water partition coefficient (Wildman–Crippen LogP) is 3.48. The predicted molar refractivity (Wildman–Crippen MR) is 105 cm³/mol. The molecule has 0 aromatic heterocycles. The van der Waals surface area contributed by atoms with Gasteiger partial charge in [-0.3, -0.25) is 14.7 Å². The van der Waals surface area contributed by atoms with Gasteiger partial charge in [-0.2, -0.15) is 13.2 Å². The van der Waals surface area contributed by atoms with E-state index in [0.29, 0.717) is 44.4 Å². The maximum Gasteiger partial charge on any atom is 0.417 e. The molecule has 2 aliphatic heterocycles. The van der Waals surface area contributed by atoms with Crippen LogP contribution in [0.15, 0.2) is 53.5 Å². The van der Waals surface area contributed by atoms with Gasteiger partial charge in [0.2, 0.25) is 5.96 Å². The summed E-state index contributed by atoms with van der Waals surface area (Å²) < 4.78 is 54.0. The van der Waals surface area contributed by atoms with E-state index in [9.17, 15) is 22.4 Å². The summed E-state index contributed by atoms with van der Waals surface area (Å²) in [5.74, 6) is -0.634. The molecule has 0 atom stereocenters. The quantitative estimate of drug-likeness (QED) is 0.699. The molecule has 5 nitrogen and oxygen atoms in total. The number of rotatable bonds is 2. The molecule has 1 fully saturated rings. The molecule has 0 unspecified atom stereocenters. The number of nitrogens with zero attached hydrogens (tertiary/aromatic N) is 4. The number of guanidine groups is 1. The number of amides is 1. The lowest BCUT2D eigenvalue weighted by molar-refractivity contribution is -0.138. The zero-order chi connectivity index (χ0) is 21.3. The summed E-state index contributed by atoms with van der Waals surface area (Å²) in [5.41, 5.74) is -0.826. The molecule has 0 bridgehead atoms. The van der Waals surface area contributed by atoms with Gasteiger partial charge in [0.25, 0.3) is 5.91 Å². The number of para-hydroxylation sites is 1. The van der Waals surface area contributed by atoms with E-state index >= 15 is 0 Å². The van der Waals surface area contributed by atoms with Crippen molar-refractivity contribution in [2.45, 2.75) is 6.18 Å². The molecule has 158 valence electrons. The van der Waals surface area contributed by atoms with Gasteiger partial charge in [-0.25, -0.2) is 4.39 Å². The molecular formula is C21H20F4N4O. The lowest BCUT2D eigenvalue weighted by Crippen LogP contribution is -2.53. The van der Waals surface area contributed by atoms with E-state index in [1.54, 1.807) is 18.2 Å². The fourth-order valence-corrected chi connectivity index (χ4v) is 3.82. The minimum Gasteiger partial charge on any atom is -0.366 e. The van der Waals surface area contributed by atoms with Gasteiger partial charge >= 0.3 is 6.18 Å². The number of piperazine rings is 1. The minimum atomic E-state index is -4.62. The Hall–Kier alpha value is -3.10. The van der Waals surface area contributed by atoms with E-state index in [2.05, 4.69) is 4.99 Å². The van der Waals surface area contributed by atoms with Gasteiger partial charge in [-0.05, 0) is 24.3 Å². The van der Waals surface area contributed by atoms with Crippen molar-refractivity contribution in [1.29, 1.82) is 0 Å². The fraction of sp³-hybridized carbons (Fsp3) is 0.333. The topological polar surface area (TPSA) is 39.2 Å². The third-order valence-corrected chi connectivity index (χ3v) is 5.28. The van der Waals surface area contributed by atoms with Crippen LogP contribution < -0.4 is 4.90 Å². The molecule has 1 amide bonds. The van der Waals surface area contributed by atoms with Crippen LogP contribution >= 0.6 is 0 Å². The van der Waals surface area contributed by atoms with Crippen LogP contribution in [0.1, 0.15) is 15.9 Å². The smallest absolute Gasteiger partial charge is 0.366 e. The second kappa shape index (κ2) is 7.97. The standard InChI is InChI=1S/C21H20F4N4O/c22-17-7-3-4-8-18(17)27-11-13-28(14-12-27)20-26-9-10-29(20)19(30)15-5-1-2-6-16(15)21(23,24)25/h1-8H,9-14H2. The lowest BCUT2D eigenvalue weighted by Gasteiger charge is -2.38. The second-order valence-corrected chi connectivity index (χ2v) is 7.11. The van der Waals surface area contributed by atoms with Crippen LogP contribution in [0.3, 0.4) is 0 Å². The number of hydrogen-bond donors (Lipinski definition) is 0. The Balaban J connectivity index is 1.49. The molecular weight excluding hydrogens is 400 g/mol. The van der Waals surface area contributed by atoms with Gasteiger partial charge in [-0.15, -0.1) is 0 Å². The normalized spacial score (nSPS) is 17.3. The van der Waals surface area contributed by atoms with Gasteiger partial charge in [0.05, 0.1) is 23.4 Å². The molecule has 1 saturated heterocycles. The Kier molecular flexibility index (Phi) is 5.36. The van der Waals surface area contributed by atoms with Crippen molar-refractivity contribution in [3.05, 3.63) is 65.5 Å². The molecule has 2 aliphatic rings. The number of benzene rings is 2. The summed E-state index contributed by atoms with van der Waals surface area (Å²) >= 11 is 0. The van der Waals surface area contributed by atoms with Crippen LogP contribution in [0.25, 0.3) is 0 Å². The molecule has 2 heterocycles. The van der Waals surface area contributed by atoms with Crippen molar-refractivity contribution in [3.63, 3.8) is 0 Å². The number of carbonyl (C=O) groups is 1. The van der Waals surface area contributed by atoms with Gasteiger partial charge < -0.3 is 9.80 Å². The van der Waals surface area contributed by atoms with Gasteiger partial charge in [0.1, 0.15) is 5.82 Å². The average Bonchev–Trinajstić information content (AvgIpc) is 3.23. The van der Waals surface area contributed by atoms with Crippen LogP contribution in [0, 0.1) is 5.82 Å². The maximum atomic E-state index is 14.0. The highest BCUT2D eigenvalue weighted by molar-refractivity contribution is 6.07. The largest absolute Gasteiger partial charge is 0.417 e. The zero-order valence-corrected chi connectivity index (χ0v) is 16.1. The van der Waals surface area contributed by atoms with Crippen LogP contribution in [0.2, 0.25) is 0 Å². The van der Waals surface area contributed by atoms with Crippen molar-refractivity contribution in [3.8, 4) is 0 Å². The first-order chi connectivity index (χ1) is 14.4. The number of carbonyl (C=O) groups excluding carboxylic acids is 1. The van der Waals surface area contributed by atoms with E-state index < -0.39 is 17.6 Å². The van der Waals surface area contributed by atoms with E-state index in [1.165, 1.54) is 29.2 Å². The number of halogens is 4. The minimum absolute atomic E-state index is 0.230. The summed E-state index contributed by atoms with van der Waals surface area (Å²) in [6.45, 7) is 2.56. The Morgan fingerprint density at radius 3 is 2.20 bits per heavy atom. The zero-order valence-electron chi connectivity index (χ0n) is 16.1. The first kappa shape index (κ1) is 20.2. The maximum absolute atomic E-state index is 14.0. The highest BCUT2D eigenvalue weighted by Crippen LogP contribution is 2.33. The molecule has 30 heavy (non-hydrogen) atoms. The van der Waals surface area contributed by atoms with Crippen LogP contribution in [-0.2, 0) is 6.18 Å². The molecule has 0 radical (unpaired) electrons. The van der Waals surface area contributed by atoms with Crippen molar-refractivity contribution < 1.29 is 22.4 Å². The van der Waals surface area contributed by atoms with Crippen LogP contribution in [0.4, 0.5) is 23.2 Å². The lowest BCUT2D eigenvalue weighted by atomic mass is 10.1. The summed E-state index contributed by atoms with van der Waals surface area (Å²) in [7, 11) is 0. The molecule has 9 heteroatoms. The van der Waals surface area contributed by atoms with Crippen molar-refractivity contribution in [2.24, 2.45) is 4.99 Å². The van der Waals surface area contributed by atoms with E-state index in [-0.39, 0.29) is 17.9 Å². The third-order valence-electron chi connectivity index (χ3n) is 5.28. The molecule has 2 aromatic carbocycles. The first-order valence-corrected chi connectivity index (χ1v) is 9.63. The highest BCUT2D eigenvalue weighted by atomic mass is 19.4. The summed E-state index contributed by atoms with van der Waals surface area (Å²) in [6.07, 6.45) is -4.62. The SMILES string of the molecule is O=C(c1ccccc1C(F)(F)F)N1CCN=C1N1CCN(c2ccccc2F)CC1. The highest BCUT2D eigenvalue weighted by Gasteiger charge is 2.38. The number of alkyl halides is 3. The number of anilines is 1. The summed E-state index contributed by atoms with van der Waals surface area (Å²) in [5, 5.41) is 0. The molecule has 0 saturated carbocycles. The number of aliphatic imine (C=N–C) groups is 1. The van der Waals surface area contributed by atoms with E-state index in [0.717, 1.165) is 6.07 Å². The van der Waals surface area contributed by atoms with E-state index in [1.807, 2.05) is 9.80 Å².